The first kappa shape index (κ1) is 50.3. The molecule has 7 rings (SSSR count). The maximum atomic E-state index is 12.0. The van der Waals surface area contributed by atoms with E-state index in [4.69, 9.17) is 30.4 Å². The van der Waals surface area contributed by atoms with Crippen molar-refractivity contribution in [3.8, 4) is 11.5 Å². The lowest BCUT2D eigenvalue weighted by molar-refractivity contribution is -0.0856. The van der Waals surface area contributed by atoms with Crippen LogP contribution in [0.1, 0.15) is 106 Å². The van der Waals surface area contributed by atoms with Crippen LogP contribution in [-0.2, 0) is 16.1 Å². The van der Waals surface area contributed by atoms with Crippen molar-refractivity contribution in [3.05, 3.63) is 92.4 Å². The number of alkyl carbamates (subject to hydrolysis) is 2. The van der Waals surface area contributed by atoms with Crippen molar-refractivity contribution in [2.24, 2.45) is 22.3 Å². The molecule has 0 heterocycles. The Morgan fingerprint density at radius 3 is 1.48 bits per heavy atom. The van der Waals surface area contributed by atoms with Crippen molar-refractivity contribution in [2.75, 3.05) is 0 Å². The molecule has 0 saturated heterocycles. The third-order valence-electron chi connectivity index (χ3n) is 10.6. The highest BCUT2D eigenvalue weighted by atomic mass is 127. The van der Waals surface area contributed by atoms with Gasteiger partial charge in [-0.15, -0.1) is 21.8 Å². The highest BCUT2D eigenvalue weighted by Gasteiger charge is 2.55. The zero-order valence-electron chi connectivity index (χ0n) is 35.1. The molecule has 2 spiro atoms. The Morgan fingerprint density at radius 1 is 0.705 bits per heavy atom. The van der Waals surface area contributed by atoms with Crippen LogP contribution in [0.3, 0.4) is 0 Å². The Hall–Kier alpha value is -3.35. The molecule has 0 atom stereocenters. The molecule has 0 unspecified atom stereocenters. The Balaban J connectivity index is 0.000000240. The summed E-state index contributed by atoms with van der Waals surface area (Å²) in [6, 6.07) is 20.4. The van der Waals surface area contributed by atoms with Gasteiger partial charge in [0.1, 0.15) is 29.3 Å². The van der Waals surface area contributed by atoms with Crippen LogP contribution in [-0.4, -0.2) is 59.5 Å². The van der Waals surface area contributed by atoms with Crippen LogP contribution in [0.4, 0.5) is 9.59 Å². The summed E-state index contributed by atoms with van der Waals surface area (Å²) in [7, 11) is 0. The minimum absolute atomic E-state index is 0. The second-order valence-electron chi connectivity index (χ2n) is 18.4. The lowest BCUT2D eigenvalue weighted by Gasteiger charge is -2.57. The molecule has 3 aromatic carbocycles. The first-order valence-electron chi connectivity index (χ1n) is 20.2. The number of rotatable bonds is 10. The fourth-order valence-electron chi connectivity index (χ4n) is 8.18. The van der Waals surface area contributed by atoms with Gasteiger partial charge in [-0.3, -0.25) is 9.59 Å². The van der Waals surface area contributed by atoms with Gasteiger partial charge in [0, 0.05) is 21.0 Å². The number of hydrogen-bond donors (Lipinski definition) is 4. The smallest absolute Gasteiger partial charge is 0.407 e. The molecule has 4 fully saturated rings. The molecule has 0 aromatic heterocycles. The Morgan fingerprint density at radius 2 is 1.10 bits per heavy atom. The normalized spacial score (nSPS) is 24.4. The summed E-state index contributed by atoms with van der Waals surface area (Å²) in [4.78, 5) is 46.9. The summed E-state index contributed by atoms with van der Waals surface area (Å²) in [5.74, 6) is 0.0509. The molecule has 12 nitrogen and oxygen atoms in total. The summed E-state index contributed by atoms with van der Waals surface area (Å²) in [5, 5.41) is 5.86. The molecule has 334 valence electrons. The van der Waals surface area contributed by atoms with Crippen LogP contribution < -0.4 is 31.6 Å². The highest BCUT2D eigenvalue weighted by molar-refractivity contribution is 14.1. The van der Waals surface area contributed by atoms with Gasteiger partial charge in [-0.25, -0.2) is 9.59 Å². The van der Waals surface area contributed by atoms with Gasteiger partial charge in [-0.05, 0) is 125 Å². The third-order valence-corrected chi connectivity index (χ3v) is 11.6. The van der Waals surface area contributed by atoms with Crippen molar-refractivity contribution in [2.45, 2.75) is 136 Å². The van der Waals surface area contributed by atoms with E-state index in [1.807, 2.05) is 51.1 Å². The number of nitrogens with one attached hydrogen (secondary N) is 2. The van der Waals surface area contributed by atoms with E-state index in [0.717, 1.165) is 65.9 Å². The average molecular weight is 1100 g/mol. The molecule has 0 radical (unpaired) electrons. The monoisotopic (exact) mass is 1100 g/mol. The molecule has 61 heavy (non-hydrogen) atoms. The predicted octanol–water partition coefficient (Wildman–Crippen LogP) is 10.8. The topological polar surface area (TPSA) is 181 Å². The maximum Gasteiger partial charge on any atom is 0.407 e. The third kappa shape index (κ3) is 15.4. The minimum atomic E-state index is -0.641. The second-order valence-corrected chi connectivity index (χ2v) is 34.1. The van der Waals surface area contributed by atoms with Crippen LogP contribution in [0, 0.1) is 10.8 Å². The van der Waals surface area contributed by atoms with Crippen molar-refractivity contribution in [3.63, 3.8) is 0 Å². The van der Waals surface area contributed by atoms with Crippen LogP contribution in [0.15, 0.2) is 75.7 Å². The van der Waals surface area contributed by atoms with E-state index < -0.39 is 23.0 Å². The van der Waals surface area contributed by atoms with Crippen LogP contribution in [0.25, 0.3) is 0 Å². The number of halogens is 3. The van der Waals surface area contributed by atoms with E-state index >= 15 is 0 Å². The number of carbonyl (C=O) groups excluding carboxylic acids is 4. The molecular weight excluding hydrogens is 1040 g/mol. The van der Waals surface area contributed by atoms with Gasteiger partial charge in [-0.1, -0.05) is 89.3 Å². The molecule has 3 aromatic rings. The molecule has 4 aliphatic rings. The lowest BCUT2D eigenvalue weighted by Crippen LogP contribution is -2.59. The van der Waals surface area contributed by atoms with Crippen molar-refractivity contribution in [1.29, 1.82) is 0 Å². The lowest BCUT2D eigenvalue weighted by atomic mass is 9.53. The van der Waals surface area contributed by atoms with Gasteiger partial charge in [0.15, 0.2) is 0 Å². The van der Waals surface area contributed by atoms with Gasteiger partial charge in [0.2, 0.25) is 0 Å². The fraction of sp³-hybridized carbons (Fsp3) is 0.511. The molecular formula is C45H61Br2IN4O8Si. The number of ether oxygens (including phenoxy) is 4. The molecule has 0 bridgehead atoms. The Labute approximate surface area is 391 Å². The van der Waals surface area contributed by atoms with Gasteiger partial charge in [0.05, 0.1) is 23.3 Å². The summed E-state index contributed by atoms with van der Waals surface area (Å²) in [6.07, 6.45) is 6.80. The fourth-order valence-corrected chi connectivity index (χ4v) is 8.86. The van der Waals surface area contributed by atoms with Crippen LogP contribution in [0.2, 0.25) is 19.6 Å². The number of benzene rings is 3. The molecule has 4 aliphatic carbocycles. The molecule has 4 saturated carbocycles. The number of amides is 4. The van der Waals surface area contributed by atoms with Crippen molar-refractivity contribution in [1.82, 2.24) is 10.6 Å². The summed E-state index contributed by atoms with van der Waals surface area (Å²) in [5.41, 5.74) is 11.9. The first-order chi connectivity index (χ1) is 28.0. The standard InChI is InChI=1S/C22H23BrN2O4.C19H25BrN2O4.C3H9ISi.CH4/c23-15-6-7-18(20(24)26)19(8-15)29-17-11-22(12-17)9-16(10-22)25-21(27)28-13-14-4-2-1-3-5-14;1-18(2,3)26-17(24)22-12-7-19(8-12)9-13(10-19)25-15-6-11(20)4-5-14(15)16(21)23;1-5(2,3)4;/h1-8,16-17H,9-13H2,(H2,24,26)(H,25,27);4-6,12-13H,7-10H2,1-3H3,(H2,21,23)(H,22,24);1-3H3;1H4. The summed E-state index contributed by atoms with van der Waals surface area (Å²) < 4.78 is 24.3. The number of primary amides is 2. The first-order valence-corrected chi connectivity index (χ1v) is 28.4. The quantitative estimate of drug-likeness (QED) is 0.0879. The molecule has 16 heteroatoms. The van der Waals surface area contributed by atoms with E-state index in [2.05, 4.69) is 83.9 Å². The van der Waals surface area contributed by atoms with Gasteiger partial charge >= 0.3 is 12.2 Å². The summed E-state index contributed by atoms with van der Waals surface area (Å²) >= 11 is 9.30. The van der Waals surface area contributed by atoms with E-state index in [1.165, 1.54) is 0 Å². The Bertz CT molecular complexity index is 2000. The zero-order chi connectivity index (χ0) is 44.0. The van der Waals surface area contributed by atoms with Crippen LogP contribution in [0.5, 0.6) is 11.5 Å². The van der Waals surface area contributed by atoms with Crippen LogP contribution >= 0.6 is 53.7 Å². The molecule has 0 aliphatic heterocycles. The number of hydrogen-bond acceptors (Lipinski definition) is 8. The van der Waals surface area contributed by atoms with Gasteiger partial charge < -0.3 is 41.0 Å². The van der Waals surface area contributed by atoms with E-state index in [1.54, 1.807) is 36.4 Å². The maximum absolute atomic E-state index is 12.0. The van der Waals surface area contributed by atoms with Crippen molar-refractivity contribution < 1.29 is 38.1 Å². The minimum Gasteiger partial charge on any atom is -0.490 e. The predicted molar refractivity (Wildman–Crippen MR) is 257 cm³/mol. The number of carbonyl (C=O) groups is 4. The largest absolute Gasteiger partial charge is 0.490 e. The molecule has 6 N–H and O–H groups in total. The second kappa shape index (κ2) is 20.9. The van der Waals surface area contributed by atoms with Gasteiger partial charge in [-0.2, -0.15) is 0 Å². The SMILES string of the molecule is C.CC(C)(C)OC(=O)NC1CC2(C1)CC(Oc1cc(Br)ccc1C(N)=O)C2.C[Si](C)(C)I.NC(=O)c1ccc(Br)cc1OC1CC2(CC(NC(=O)OCc3ccccc3)C2)C1. The Kier molecular flexibility index (Phi) is 17.2. The average Bonchev–Trinajstić information content (AvgIpc) is 3.06. The van der Waals surface area contributed by atoms with E-state index in [0.29, 0.717) is 22.6 Å². The van der Waals surface area contributed by atoms with E-state index in [9.17, 15) is 19.2 Å². The molecule has 4 amide bonds. The highest BCUT2D eigenvalue weighted by Crippen LogP contribution is 2.58. The zero-order valence-corrected chi connectivity index (χ0v) is 41.4. The summed E-state index contributed by atoms with van der Waals surface area (Å²) in [6.45, 7) is 12.8. The van der Waals surface area contributed by atoms with E-state index in [-0.39, 0.29) is 61.3 Å². The number of nitrogens with two attached hydrogens (primary N) is 2. The van der Waals surface area contributed by atoms with Crippen molar-refractivity contribution >= 4 is 83.2 Å². The van der Waals surface area contributed by atoms with Gasteiger partial charge in [0.25, 0.3) is 11.8 Å².